The fourth-order valence-corrected chi connectivity index (χ4v) is 0.976. The van der Waals surface area contributed by atoms with E-state index in [4.69, 9.17) is 4.74 Å². The maximum absolute atomic E-state index is 12.5. The Hall–Kier alpha value is -1.53. The second kappa shape index (κ2) is 4.77. The van der Waals surface area contributed by atoms with Crippen LogP contribution >= 0.6 is 0 Å². The molecule has 0 bridgehead atoms. The van der Waals surface area contributed by atoms with Crippen LogP contribution in [0.4, 0.5) is 22.0 Å². The maximum atomic E-state index is 12.5. The third-order valence-electron chi connectivity index (χ3n) is 1.71. The van der Waals surface area contributed by atoms with Crippen LogP contribution in [0.25, 0.3) is 0 Å². The van der Waals surface area contributed by atoms with Gasteiger partial charge in [0.2, 0.25) is 0 Å². The van der Waals surface area contributed by atoms with Gasteiger partial charge in [0.1, 0.15) is 11.5 Å². The minimum atomic E-state index is -5.74. The van der Waals surface area contributed by atoms with Crippen molar-refractivity contribution in [3.05, 3.63) is 24.3 Å². The van der Waals surface area contributed by atoms with Crippen molar-refractivity contribution in [1.29, 1.82) is 0 Å². The Morgan fingerprint density at radius 1 is 0.941 bits per heavy atom. The molecule has 0 atom stereocenters. The quantitative estimate of drug-likeness (QED) is 0.766. The van der Waals surface area contributed by atoms with E-state index in [2.05, 4.69) is 4.74 Å². The predicted octanol–water partition coefficient (Wildman–Crippen LogP) is 3.62. The number of hydrogen-bond donors (Lipinski definition) is 0. The van der Waals surface area contributed by atoms with Crippen LogP contribution in [0, 0.1) is 0 Å². The van der Waals surface area contributed by atoms with E-state index in [9.17, 15) is 22.0 Å². The van der Waals surface area contributed by atoms with E-state index in [1.165, 1.54) is 12.1 Å². The van der Waals surface area contributed by atoms with Gasteiger partial charge in [-0.05, 0) is 31.2 Å². The monoisotopic (exact) mass is 256 g/mol. The lowest BCUT2D eigenvalue weighted by atomic mass is 10.3. The molecule has 1 aromatic carbocycles. The van der Waals surface area contributed by atoms with Gasteiger partial charge in [0.25, 0.3) is 0 Å². The number of ether oxygens (including phenoxy) is 2. The molecule has 0 unspecified atom stereocenters. The summed E-state index contributed by atoms with van der Waals surface area (Å²) in [5.74, 6) is -0.231. The molecule has 0 heterocycles. The van der Waals surface area contributed by atoms with Crippen molar-refractivity contribution in [3.8, 4) is 11.5 Å². The Morgan fingerprint density at radius 3 is 1.82 bits per heavy atom. The first-order valence-corrected chi connectivity index (χ1v) is 4.62. The molecule has 0 radical (unpaired) electrons. The molecule has 1 rings (SSSR count). The first-order valence-electron chi connectivity index (χ1n) is 4.62. The van der Waals surface area contributed by atoms with Crippen LogP contribution in [0.5, 0.6) is 11.5 Å². The summed E-state index contributed by atoms with van der Waals surface area (Å²) in [6.07, 6.45) is -11.0. The zero-order valence-corrected chi connectivity index (χ0v) is 8.72. The van der Waals surface area contributed by atoms with Crippen molar-refractivity contribution in [3.63, 3.8) is 0 Å². The van der Waals surface area contributed by atoms with Gasteiger partial charge in [-0.25, -0.2) is 0 Å². The van der Waals surface area contributed by atoms with Crippen LogP contribution < -0.4 is 9.47 Å². The van der Waals surface area contributed by atoms with E-state index in [0.29, 0.717) is 12.4 Å². The number of alkyl halides is 5. The Morgan fingerprint density at radius 2 is 1.41 bits per heavy atom. The average Bonchev–Trinajstić information content (AvgIpc) is 2.19. The highest BCUT2D eigenvalue weighted by Crippen LogP contribution is 2.37. The van der Waals surface area contributed by atoms with Crippen LogP contribution in [-0.2, 0) is 0 Å². The van der Waals surface area contributed by atoms with E-state index in [0.717, 1.165) is 12.1 Å². The van der Waals surface area contributed by atoms with Gasteiger partial charge < -0.3 is 9.47 Å². The minimum absolute atomic E-state index is 0.357. The Bertz CT molecular complexity index is 358. The molecule has 17 heavy (non-hydrogen) atoms. The van der Waals surface area contributed by atoms with Gasteiger partial charge in [-0.15, -0.1) is 0 Å². The van der Waals surface area contributed by atoms with Gasteiger partial charge in [-0.2, -0.15) is 22.0 Å². The zero-order valence-electron chi connectivity index (χ0n) is 8.72. The number of benzene rings is 1. The van der Waals surface area contributed by atoms with Crippen LogP contribution in [0.2, 0.25) is 0 Å². The molecule has 0 aliphatic carbocycles. The first-order chi connectivity index (χ1) is 7.76. The molecule has 0 aliphatic rings. The van der Waals surface area contributed by atoms with Crippen molar-refractivity contribution in [2.24, 2.45) is 0 Å². The van der Waals surface area contributed by atoms with E-state index >= 15 is 0 Å². The lowest BCUT2D eigenvalue weighted by Gasteiger charge is -2.20. The molecule has 96 valence electrons. The second-order valence-corrected chi connectivity index (χ2v) is 3.02. The summed E-state index contributed by atoms with van der Waals surface area (Å²) in [6.45, 7) is 2.07. The summed E-state index contributed by atoms with van der Waals surface area (Å²) in [5, 5.41) is 0. The molecule has 0 aliphatic heterocycles. The van der Waals surface area contributed by atoms with Gasteiger partial charge in [0.15, 0.2) is 0 Å². The third kappa shape index (κ3) is 3.47. The summed E-state index contributed by atoms with van der Waals surface area (Å²) in [7, 11) is 0. The van der Waals surface area contributed by atoms with E-state index in [1.807, 2.05) is 0 Å². The third-order valence-corrected chi connectivity index (χ3v) is 1.71. The van der Waals surface area contributed by atoms with Crippen molar-refractivity contribution in [2.75, 3.05) is 6.61 Å². The van der Waals surface area contributed by atoms with Crippen LogP contribution in [0.1, 0.15) is 6.92 Å². The Balaban J connectivity index is 2.76. The highest BCUT2D eigenvalue weighted by atomic mass is 19.4. The van der Waals surface area contributed by atoms with E-state index < -0.39 is 18.0 Å². The highest BCUT2D eigenvalue weighted by molar-refractivity contribution is 5.31. The molecule has 0 fully saturated rings. The Kier molecular flexibility index (Phi) is 3.79. The first kappa shape index (κ1) is 13.5. The predicted molar refractivity (Wildman–Crippen MR) is 49.2 cm³/mol. The van der Waals surface area contributed by atoms with Gasteiger partial charge in [-0.3, -0.25) is 0 Å². The van der Waals surface area contributed by atoms with Crippen LogP contribution in [0.3, 0.4) is 0 Å². The number of rotatable bonds is 4. The summed E-state index contributed by atoms with van der Waals surface area (Å²) in [4.78, 5) is 0. The molecule has 0 spiro atoms. The molecule has 0 N–H and O–H groups in total. The van der Waals surface area contributed by atoms with Gasteiger partial charge in [-0.1, -0.05) is 0 Å². The zero-order chi connectivity index (χ0) is 13.1. The molecular weight excluding hydrogens is 247 g/mol. The standard InChI is InChI=1S/C10H9F5O2/c1-2-16-7-3-5-8(6-4-7)17-10(14,15)9(11,12)13/h3-6H,2H2,1H3. The van der Waals surface area contributed by atoms with E-state index in [1.54, 1.807) is 6.92 Å². The fraction of sp³-hybridized carbons (Fsp3) is 0.400. The van der Waals surface area contributed by atoms with Crippen molar-refractivity contribution in [2.45, 2.75) is 19.2 Å². The fourth-order valence-electron chi connectivity index (χ4n) is 0.976. The molecule has 1 aromatic rings. The number of halogens is 5. The van der Waals surface area contributed by atoms with Crippen molar-refractivity contribution >= 4 is 0 Å². The highest BCUT2D eigenvalue weighted by Gasteiger charge is 2.61. The molecule has 0 aromatic heterocycles. The lowest BCUT2D eigenvalue weighted by Crippen LogP contribution is -2.41. The normalized spacial score (nSPS) is 12.4. The maximum Gasteiger partial charge on any atom is 0.499 e. The molecule has 0 amide bonds. The van der Waals surface area contributed by atoms with Crippen molar-refractivity contribution in [1.82, 2.24) is 0 Å². The molecule has 0 saturated carbocycles. The molecule has 7 heteroatoms. The van der Waals surface area contributed by atoms with Gasteiger partial charge in [0, 0.05) is 0 Å². The summed E-state index contributed by atoms with van der Waals surface area (Å²) in [5.41, 5.74) is 0. The molecular formula is C10H9F5O2. The summed E-state index contributed by atoms with van der Waals surface area (Å²) >= 11 is 0. The topological polar surface area (TPSA) is 18.5 Å². The number of hydrogen-bond acceptors (Lipinski definition) is 2. The van der Waals surface area contributed by atoms with Crippen LogP contribution in [-0.4, -0.2) is 18.9 Å². The minimum Gasteiger partial charge on any atom is -0.494 e. The largest absolute Gasteiger partial charge is 0.499 e. The second-order valence-electron chi connectivity index (χ2n) is 3.02. The summed E-state index contributed by atoms with van der Waals surface area (Å²) in [6, 6.07) is 4.44. The van der Waals surface area contributed by atoms with Gasteiger partial charge >= 0.3 is 12.3 Å². The smallest absolute Gasteiger partial charge is 0.494 e. The van der Waals surface area contributed by atoms with Crippen molar-refractivity contribution < 1.29 is 31.4 Å². The molecule has 0 saturated heterocycles. The van der Waals surface area contributed by atoms with E-state index in [-0.39, 0.29) is 0 Å². The lowest BCUT2D eigenvalue weighted by molar-refractivity contribution is -0.360. The van der Waals surface area contributed by atoms with Crippen LogP contribution in [0.15, 0.2) is 24.3 Å². The average molecular weight is 256 g/mol. The summed E-state index contributed by atoms with van der Waals surface area (Å²) < 4.78 is 69.0. The Labute approximate surface area is 93.9 Å². The SMILES string of the molecule is CCOc1ccc(OC(F)(F)C(F)(F)F)cc1. The molecule has 2 nitrogen and oxygen atoms in total. The van der Waals surface area contributed by atoms with Gasteiger partial charge in [0.05, 0.1) is 6.61 Å².